The molecule has 2 N–H and O–H groups in total. The van der Waals surface area contributed by atoms with Crippen LogP contribution in [0.15, 0.2) is 36.5 Å². The molecule has 18 heavy (non-hydrogen) atoms. The molecule has 4 heteroatoms. The van der Waals surface area contributed by atoms with Crippen LogP contribution in [0.1, 0.15) is 21.5 Å². The second-order valence-corrected chi connectivity index (χ2v) is 4.49. The molecule has 0 aliphatic carbocycles. The Morgan fingerprint density at radius 3 is 2.72 bits per heavy atom. The molecule has 0 bridgehead atoms. The van der Waals surface area contributed by atoms with Gasteiger partial charge in [0.25, 0.3) is 0 Å². The lowest BCUT2D eigenvalue weighted by atomic mass is 10.00. The highest BCUT2D eigenvalue weighted by atomic mass is 35.5. The van der Waals surface area contributed by atoms with Gasteiger partial charge in [0.1, 0.15) is 5.82 Å². The van der Waals surface area contributed by atoms with E-state index in [1.54, 1.807) is 18.3 Å². The van der Waals surface area contributed by atoms with E-state index in [9.17, 15) is 4.79 Å². The fourth-order valence-electron chi connectivity index (χ4n) is 1.85. The molecule has 0 aliphatic rings. The molecule has 1 aromatic heterocycles. The number of rotatable bonds is 3. The van der Waals surface area contributed by atoms with Crippen molar-refractivity contribution in [3.8, 4) is 0 Å². The summed E-state index contributed by atoms with van der Waals surface area (Å²) in [7, 11) is 0. The molecular weight excluding hydrogens is 248 g/mol. The average molecular weight is 261 g/mol. The largest absolute Gasteiger partial charge is 0.383 e. The Labute approximate surface area is 111 Å². The van der Waals surface area contributed by atoms with Gasteiger partial charge in [-0.2, -0.15) is 0 Å². The number of pyridine rings is 1. The molecule has 2 rings (SSSR count). The number of aromatic nitrogens is 1. The zero-order chi connectivity index (χ0) is 13.1. The van der Waals surface area contributed by atoms with E-state index in [4.69, 9.17) is 17.3 Å². The molecule has 0 amide bonds. The maximum atomic E-state index is 12.2. The number of carbonyl (C=O) groups excluding carboxylic acids is 1. The van der Waals surface area contributed by atoms with E-state index in [1.807, 2.05) is 25.1 Å². The zero-order valence-corrected chi connectivity index (χ0v) is 10.7. The third-order valence-electron chi connectivity index (χ3n) is 2.78. The van der Waals surface area contributed by atoms with Crippen molar-refractivity contribution in [2.75, 3.05) is 5.73 Å². The molecule has 0 unspecified atom stereocenters. The lowest BCUT2D eigenvalue weighted by Crippen LogP contribution is -2.10. The van der Waals surface area contributed by atoms with Gasteiger partial charge >= 0.3 is 0 Å². The molecule has 92 valence electrons. The summed E-state index contributed by atoms with van der Waals surface area (Å²) in [6.07, 6.45) is 1.83. The minimum Gasteiger partial charge on any atom is -0.383 e. The first kappa shape index (κ1) is 12.6. The van der Waals surface area contributed by atoms with Crippen molar-refractivity contribution in [1.29, 1.82) is 0 Å². The van der Waals surface area contributed by atoms with Gasteiger partial charge < -0.3 is 5.73 Å². The van der Waals surface area contributed by atoms with Crippen molar-refractivity contribution in [3.05, 3.63) is 58.2 Å². The Kier molecular flexibility index (Phi) is 3.63. The molecule has 0 spiro atoms. The number of hydrogen-bond acceptors (Lipinski definition) is 3. The van der Waals surface area contributed by atoms with Crippen LogP contribution in [0.5, 0.6) is 0 Å². The van der Waals surface area contributed by atoms with Crippen molar-refractivity contribution >= 4 is 23.2 Å². The minimum absolute atomic E-state index is 0.0637. The molecule has 1 aromatic carbocycles. The lowest BCUT2D eigenvalue weighted by Gasteiger charge is -2.08. The summed E-state index contributed by atoms with van der Waals surface area (Å²) >= 11 is 6.04. The standard InChI is InChI=1S/C14H13ClN2O/c1-9-6-7-17-14(16)13(9)12(18)8-10-4-2-3-5-11(10)15/h2-7H,8H2,1H3,(H2,16,17). The van der Waals surface area contributed by atoms with Gasteiger partial charge in [-0.3, -0.25) is 4.79 Å². The zero-order valence-electron chi connectivity index (χ0n) is 9.98. The number of nitrogens with two attached hydrogens (primary N) is 1. The number of anilines is 1. The van der Waals surface area contributed by atoms with Crippen LogP contribution in [0, 0.1) is 6.92 Å². The number of benzene rings is 1. The van der Waals surface area contributed by atoms with Crippen molar-refractivity contribution < 1.29 is 4.79 Å². The van der Waals surface area contributed by atoms with Crippen LogP contribution in [0.2, 0.25) is 5.02 Å². The highest BCUT2D eigenvalue weighted by Crippen LogP contribution is 2.20. The van der Waals surface area contributed by atoms with Crippen LogP contribution in [0.4, 0.5) is 5.82 Å². The highest BCUT2D eigenvalue weighted by Gasteiger charge is 2.15. The predicted octanol–water partition coefficient (Wildman–Crippen LogP) is 3.05. The van der Waals surface area contributed by atoms with Gasteiger partial charge in [-0.1, -0.05) is 29.8 Å². The van der Waals surface area contributed by atoms with Gasteiger partial charge in [-0.25, -0.2) is 4.98 Å². The third kappa shape index (κ3) is 2.51. The second kappa shape index (κ2) is 5.19. The van der Waals surface area contributed by atoms with Crippen LogP contribution in [0.25, 0.3) is 0 Å². The number of nitrogen functional groups attached to an aromatic ring is 1. The number of carbonyl (C=O) groups is 1. The summed E-state index contributed by atoms with van der Waals surface area (Å²) in [6, 6.07) is 9.07. The van der Waals surface area contributed by atoms with Crippen molar-refractivity contribution in [1.82, 2.24) is 4.98 Å². The summed E-state index contributed by atoms with van der Waals surface area (Å²) in [5.74, 6) is 0.207. The van der Waals surface area contributed by atoms with Crippen molar-refractivity contribution in [3.63, 3.8) is 0 Å². The van der Waals surface area contributed by atoms with Crippen LogP contribution in [-0.2, 0) is 6.42 Å². The monoisotopic (exact) mass is 260 g/mol. The molecule has 0 radical (unpaired) electrons. The first-order valence-electron chi connectivity index (χ1n) is 5.57. The quantitative estimate of drug-likeness (QED) is 0.863. The molecule has 0 atom stereocenters. The van der Waals surface area contributed by atoms with E-state index < -0.39 is 0 Å². The number of aryl methyl sites for hydroxylation is 1. The second-order valence-electron chi connectivity index (χ2n) is 4.08. The normalized spacial score (nSPS) is 10.3. The first-order valence-corrected chi connectivity index (χ1v) is 5.95. The molecule has 0 aliphatic heterocycles. The Morgan fingerprint density at radius 2 is 2.06 bits per heavy atom. The first-order chi connectivity index (χ1) is 8.59. The van der Waals surface area contributed by atoms with Gasteiger partial charge in [0.15, 0.2) is 5.78 Å². The van der Waals surface area contributed by atoms with Crippen molar-refractivity contribution in [2.24, 2.45) is 0 Å². The summed E-state index contributed by atoms with van der Waals surface area (Å²) < 4.78 is 0. The number of nitrogens with zero attached hydrogens (tertiary/aromatic N) is 1. The Bertz CT molecular complexity index is 576. The topological polar surface area (TPSA) is 56.0 Å². The van der Waals surface area contributed by atoms with Gasteiger partial charge in [-0.15, -0.1) is 0 Å². The average Bonchev–Trinajstić information content (AvgIpc) is 2.32. The fraction of sp³-hybridized carbons (Fsp3) is 0.143. The van der Waals surface area contributed by atoms with E-state index in [-0.39, 0.29) is 18.0 Å². The molecule has 0 fully saturated rings. The van der Waals surface area contributed by atoms with E-state index in [0.29, 0.717) is 10.6 Å². The highest BCUT2D eigenvalue weighted by molar-refractivity contribution is 6.31. The Hall–Kier alpha value is -1.87. The van der Waals surface area contributed by atoms with Gasteiger partial charge in [0.05, 0.1) is 5.56 Å². The minimum atomic E-state index is -0.0637. The fourth-order valence-corrected chi connectivity index (χ4v) is 2.05. The Balaban J connectivity index is 2.31. The number of Topliss-reactive ketones (excluding diaryl/α,β-unsaturated/α-hetero) is 1. The van der Waals surface area contributed by atoms with Crippen LogP contribution in [-0.4, -0.2) is 10.8 Å². The smallest absolute Gasteiger partial charge is 0.171 e. The van der Waals surface area contributed by atoms with Crippen LogP contribution >= 0.6 is 11.6 Å². The van der Waals surface area contributed by atoms with Crippen LogP contribution in [0.3, 0.4) is 0 Å². The Morgan fingerprint density at radius 1 is 1.33 bits per heavy atom. The van der Waals surface area contributed by atoms with Crippen LogP contribution < -0.4 is 5.73 Å². The molecule has 0 saturated carbocycles. The molecule has 1 heterocycles. The summed E-state index contributed by atoms with van der Waals surface area (Å²) in [5.41, 5.74) is 7.86. The van der Waals surface area contributed by atoms with Crippen molar-refractivity contribution in [2.45, 2.75) is 13.3 Å². The maximum absolute atomic E-state index is 12.2. The van der Waals surface area contributed by atoms with E-state index in [1.165, 1.54) is 0 Å². The van der Waals surface area contributed by atoms with E-state index in [0.717, 1.165) is 11.1 Å². The third-order valence-corrected chi connectivity index (χ3v) is 3.15. The lowest BCUT2D eigenvalue weighted by molar-refractivity contribution is 0.0993. The predicted molar refractivity (Wildman–Crippen MR) is 72.9 cm³/mol. The molecular formula is C14H13ClN2O. The summed E-state index contributed by atoms with van der Waals surface area (Å²) in [5, 5.41) is 0.589. The van der Waals surface area contributed by atoms with Gasteiger partial charge in [0, 0.05) is 17.6 Å². The molecule has 0 saturated heterocycles. The maximum Gasteiger partial charge on any atom is 0.171 e. The number of hydrogen-bond donors (Lipinski definition) is 1. The molecule has 3 nitrogen and oxygen atoms in total. The summed E-state index contributed by atoms with van der Waals surface area (Å²) in [4.78, 5) is 16.2. The number of halogens is 1. The van der Waals surface area contributed by atoms with E-state index in [2.05, 4.69) is 4.98 Å². The van der Waals surface area contributed by atoms with Gasteiger partial charge in [-0.05, 0) is 30.2 Å². The molecule has 2 aromatic rings. The summed E-state index contributed by atoms with van der Waals surface area (Å²) in [6.45, 7) is 1.85. The SMILES string of the molecule is Cc1ccnc(N)c1C(=O)Cc1ccccc1Cl. The van der Waals surface area contributed by atoms with Gasteiger partial charge in [0.2, 0.25) is 0 Å². The van der Waals surface area contributed by atoms with E-state index >= 15 is 0 Å². The number of ketones is 1.